The first-order valence-electron chi connectivity index (χ1n) is 10.0. The fraction of sp³-hybridized carbons (Fsp3) is 0.364. The minimum atomic E-state index is -4.50. The van der Waals surface area contributed by atoms with Crippen LogP contribution in [0.25, 0.3) is 0 Å². The Morgan fingerprint density at radius 2 is 1.81 bits per heavy atom. The minimum Gasteiger partial charge on any atom is -0.441 e. The van der Waals surface area contributed by atoms with E-state index in [1.165, 1.54) is 0 Å². The number of ether oxygens (including phenoxy) is 1. The summed E-state index contributed by atoms with van der Waals surface area (Å²) in [5.74, 6) is -0.637. The van der Waals surface area contributed by atoms with Gasteiger partial charge >= 0.3 is 12.3 Å². The molecule has 1 aliphatic carbocycles. The molecule has 1 aliphatic heterocycles. The molecule has 0 unspecified atom stereocenters. The normalized spacial score (nSPS) is 23.6. The highest BCUT2D eigenvalue weighted by atomic mass is 19.4. The maximum Gasteiger partial charge on any atom is 0.416 e. The van der Waals surface area contributed by atoms with Crippen molar-refractivity contribution in [3.05, 3.63) is 54.1 Å². The van der Waals surface area contributed by atoms with Crippen molar-refractivity contribution in [1.29, 1.82) is 0 Å². The van der Waals surface area contributed by atoms with Crippen molar-refractivity contribution >= 4 is 29.1 Å². The topological polar surface area (TPSA) is 84.7 Å². The Morgan fingerprint density at radius 3 is 2.42 bits per heavy atom. The summed E-state index contributed by atoms with van der Waals surface area (Å²) in [7, 11) is 0. The quantitative estimate of drug-likeness (QED) is 0.681. The molecule has 1 saturated carbocycles. The first-order chi connectivity index (χ1) is 14.7. The molecule has 31 heavy (non-hydrogen) atoms. The third kappa shape index (κ3) is 4.30. The van der Waals surface area contributed by atoms with Crippen molar-refractivity contribution in [3.8, 4) is 0 Å². The molecule has 0 bridgehead atoms. The molecule has 6 nitrogen and oxygen atoms in total. The van der Waals surface area contributed by atoms with Crippen LogP contribution in [0.1, 0.15) is 31.2 Å². The van der Waals surface area contributed by atoms with Gasteiger partial charge in [-0.25, -0.2) is 4.79 Å². The lowest BCUT2D eigenvalue weighted by atomic mass is 9.78. The molecule has 2 amide bonds. The van der Waals surface area contributed by atoms with Crippen molar-refractivity contribution in [3.63, 3.8) is 0 Å². The largest absolute Gasteiger partial charge is 0.441 e. The standard InChI is InChI=1S/C22H22F3N3O3/c23-22(24,25)15-6-7-18(17(26)12-15)27-19(29)14-8-10-21(11-9-14)13-28(20(30)31-21)16-4-2-1-3-5-16/h1-7,12,14H,8-11,13,26H2,(H,27,29). The number of carbonyl (C=O) groups is 2. The van der Waals surface area contributed by atoms with E-state index in [1.807, 2.05) is 30.3 Å². The summed E-state index contributed by atoms with van der Waals surface area (Å²) >= 11 is 0. The Hall–Kier alpha value is -3.23. The van der Waals surface area contributed by atoms with E-state index in [-0.39, 0.29) is 23.2 Å². The van der Waals surface area contributed by atoms with Crippen LogP contribution in [0.3, 0.4) is 0 Å². The van der Waals surface area contributed by atoms with Gasteiger partial charge in [-0.2, -0.15) is 13.2 Å². The molecule has 0 radical (unpaired) electrons. The van der Waals surface area contributed by atoms with Crippen LogP contribution in [-0.4, -0.2) is 24.1 Å². The zero-order chi connectivity index (χ0) is 22.2. The molecule has 9 heteroatoms. The van der Waals surface area contributed by atoms with Crippen LogP contribution in [0.2, 0.25) is 0 Å². The Kier molecular flexibility index (Phi) is 5.28. The molecule has 2 aromatic carbocycles. The first-order valence-corrected chi connectivity index (χ1v) is 10.0. The summed E-state index contributed by atoms with van der Waals surface area (Å²) in [5.41, 5.74) is 4.98. The van der Waals surface area contributed by atoms with Crippen LogP contribution in [0.5, 0.6) is 0 Å². The van der Waals surface area contributed by atoms with Gasteiger partial charge in [0.2, 0.25) is 5.91 Å². The number of benzene rings is 2. The van der Waals surface area contributed by atoms with Gasteiger partial charge in [-0.15, -0.1) is 0 Å². The smallest absolute Gasteiger partial charge is 0.416 e. The van der Waals surface area contributed by atoms with E-state index in [2.05, 4.69) is 5.32 Å². The van der Waals surface area contributed by atoms with Gasteiger partial charge in [0.15, 0.2) is 0 Å². The van der Waals surface area contributed by atoms with E-state index in [0.29, 0.717) is 32.2 Å². The van der Waals surface area contributed by atoms with Crippen molar-refractivity contribution < 1.29 is 27.5 Å². The Morgan fingerprint density at radius 1 is 1.13 bits per heavy atom. The molecule has 0 atom stereocenters. The molecule has 2 fully saturated rings. The van der Waals surface area contributed by atoms with E-state index in [1.54, 1.807) is 4.90 Å². The monoisotopic (exact) mass is 433 g/mol. The molecule has 1 heterocycles. The van der Waals surface area contributed by atoms with Crippen LogP contribution >= 0.6 is 0 Å². The number of rotatable bonds is 3. The lowest BCUT2D eigenvalue weighted by Gasteiger charge is -2.34. The van der Waals surface area contributed by atoms with Gasteiger partial charge in [0.05, 0.1) is 23.5 Å². The number of anilines is 3. The van der Waals surface area contributed by atoms with Crippen molar-refractivity contribution in [1.82, 2.24) is 0 Å². The zero-order valence-corrected chi connectivity index (χ0v) is 16.6. The number of alkyl halides is 3. The Bertz CT molecular complexity index is 986. The lowest BCUT2D eigenvalue weighted by molar-refractivity contribution is -0.137. The number of halogens is 3. The summed E-state index contributed by atoms with van der Waals surface area (Å²) in [5, 5.41) is 2.63. The van der Waals surface area contributed by atoms with E-state index < -0.39 is 23.4 Å². The number of nitrogen functional groups attached to an aromatic ring is 1. The summed E-state index contributed by atoms with van der Waals surface area (Å²) in [6.07, 6.45) is -2.83. The van der Waals surface area contributed by atoms with E-state index in [9.17, 15) is 22.8 Å². The van der Waals surface area contributed by atoms with E-state index in [4.69, 9.17) is 10.5 Å². The third-order valence-electron chi connectivity index (χ3n) is 5.94. The molecular formula is C22H22F3N3O3. The molecule has 164 valence electrons. The predicted octanol–water partition coefficient (Wildman–Crippen LogP) is 4.81. The fourth-order valence-electron chi connectivity index (χ4n) is 4.18. The van der Waals surface area contributed by atoms with Crippen LogP contribution < -0.4 is 16.0 Å². The van der Waals surface area contributed by atoms with Gasteiger partial charge in [-0.1, -0.05) is 18.2 Å². The van der Waals surface area contributed by atoms with E-state index in [0.717, 1.165) is 23.9 Å². The van der Waals surface area contributed by atoms with Crippen LogP contribution in [0.4, 0.5) is 35.0 Å². The highest BCUT2D eigenvalue weighted by molar-refractivity contribution is 5.95. The number of hydrogen-bond donors (Lipinski definition) is 2. The van der Waals surface area contributed by atoms with Crippen molar-refractivity contribution in [2.24, 2.45) is 5.92 Å². The van der Waals surface area contributed by atoms with Gasteiger partial charge < -0.3 is 15.8 Å². The number of hydrogen-bond acceptors (Lipinski definition) is 4. The second-order valence-electron chi connectivity index (χ2n) is 8.04. The number of nitrogens with zero attached hydrogens (tertiary/aromatic N) is 1. The maximum atomic E-state index is 12.8. The van der Waals surface area contributed by atoms with Gasteiger partial charge in [-0.05, 0) is 56.0 Å². The molecule has 3 N–H and O–H groups in total. The highest BCUT2D eigenvalue weighted by Gasteiger charge is 2.48. The molecule has 0 aromatic heterocycles. The van der Waals surface area contributed by atoms with Crippen molar-refractivity contribution in [2.75, 3.05) is 22.5 Å². The number of nitrogens with two attached hydrogens (primary N) is 1. The average Bonchev–Trinajstić information content (AvgIpc) is 3.05. The second kappa shape index (κ2) is 7.79. The number of amides is 2. The molecule has 1 spiro atoms. The first kappa shape index (κ1) is 21.0. The number of para-hydroxylation sites is 1. The molecule has 2 aliphatic rings. The van der Waals surface area contributed by atoms with Crippen LogP contribution in [0.15, 0.2) is 48.5 Å². The molecule has 4 rings (SSSR count). The summed E-state index contributed by atoms with van der Waals surface area (Å²) in [6, 6.07) is 12.1. The van der Waals surface area contributed by atoms with Gasteiger partial charge in [0.25, 0.3) is 0 Å². The molecule has 2 aromatic rings. The minimum absolute atomic E-state index is 0.140. The maximum absolute atomic E-state index is 12.8. The van der Waals surface area contributed by atoms with Gasteiger partial charge in [0, 0.05) is 11.6 Å². The number of nitrogens with one attached hydrogen (secondary N) is 1. The molecule has 1 saturated heterocycles. The van der Waals surface area contributed by atoms with Gasteiger partial charge in [-0.3, -0.25) is 9.69 Å². The van der Waals surface area contributed by atoms with Crippen molar-refractivity contribution in [2.45, 2.75) is 37.5 Å². The fourth-order valence-corrected chi connectivity index (χ4v) is 4.18. The Balaban J connectivity index is 1.37. The second-order valence-corrected chi connectivity index (χ2v) is 8.04. The third-order valence-corrected chi connectivity index (χ3v) is 5.94. The van der Waals surface area contributed by atoms with E-state index >= 15 is 0 Å². The summed E-state index contributed by atoms with van der Waals surface area (Å²) in [4.78, 5) is 26.6. The van der Waals surface area contributed by atoms with Gasteiger partial charge in [0.1, 0.15) is 5.60 Å². The predicted molar refractivity (Wildman–Crippen MR) is 109 cm³/mol. The average molecular weight is 433 g/mol. The molecular weight excluding hydrogens is 411 g/mol. The number of carbonyl (C=O) groups excluding carboxylic acids is 2. The zero-order valence-electron chi connectivity index (χ0n) is 16.6. The highest BCUT2D eigenvalue weighted by Crippen LogP contribution is 2.41. The summed E-state index contributed by atoms with van der Waals surface area (Å²) in [6.45, 7) is 0.427. The SMILES string of the molecule is Nc1cc(C(F)(F)F)ccc1NC(=O)C1CCC2(CC1)CN(c1ccccc1)C(=O)O2. The Labute approximate surface area is 177 Å². The van der Waals surface area contributed by atoms with Crippen LogP contribution in [-0.2, 0) is 15.7 Å². The van der Waals surface area contributed by atoms with Crippen LogP contribution in [0, 0.1) is 5.92 Å². The lowest BCUT2D eigenvalue weighted by Crippen LogP contribution is -2.41. The summed E-state index contributed by atoms with van der Waals surface area (Å²) < 4.78 is 44.0.